The van der Waals surface area contributed by atoms with Gasteiger partial charge in [-0.25, -0.2) is 14.2 Å². The molecular formula is C26H28FN5O4. The van der Waals surface area contributed by atoms with E-state index in [2.05, 4.69) is 20.5 Å². The van der Waals surface area contributed by atoms with Gasteiger partial charge in [0.05, 0.1) is 17.6 Å². The van der Waals surface area contributed by atoms with Crippen LogP contribution in [-0.2, 0) is 4.79 Å². The first-order valence-corrected chi connectivity index (χ1v) is 11.7. The van der Waals surface area contributed by atoms with E-state index in [-0.39, 0.29) is 23.1 Å². The van der Waals surface area contributed by atoms with Gasteiger partial charge >= 0.3 is 5.97 Å². The van der Waals surface area contributed by atoms with Gasteiger partial charge in [0, 0.05) is 48.9 Å². The zero-order chi connectivity index (χ0) is 25.8. The molecular weight excluding hydrogens is 465 g/mol. The number of halogens is 1. The van der Waals surface area contributed by atoms with Crippen LogP contribution in [-0.4, -0.2) is 71.5 Å². The molecule has 0 radical (unpaired) electrons. The number of nitrogens with zero attached hydrogens (tertiary/aromatic N) is 3. The Labute approximate surface area is 207 Å². The second-order valence-electron chi connectivity index (χ2n) is 9.01. The van der Waals surface area contributed by atoms with E-state index in [1.807, 2.05) is 18.7 Å². The third kappa shape index (κ3) is 5.95. The average Bonchev–Trinajstić information content (AvgIpc) is 2.83. The summed E-state index contributed by atoms with van der Waals surface area (Å²) in [7, 11) is 0. The van der Waals surface area contributed by atoms with Gasteiger partial charge in [-0.2, -0.15) is 0 Å². The largest absolute Gasteiger partial charge is 0.478 e. The Morgan fingerprint density at radius 2 is 1.72 bits per heavy atom. The Kier molecular flexibility index (Phi) is 7.44. The number of carboxylic acid groups (broad SMARTS) is 1. The molecule has 10 heteroatoms. The van der Waals surface area contributed by atoms with Crippen molar-refractivity contribution in [2.24, 2.45) is 0 Å². The molecule has 0 spiro atoms. The third-order valence-corrected chi connectivity index (χ3v) is 5.90. The van der Waals surface area contributed by atoms with Crippen LogP contribution >= 0.6 is 0 Å². The molecule has 3 aromatic rings. The molecule has 3 N–H and O–H groups in total. The highest BCUT2D eigenvalue weighted by Crippen LogP contribution is 2.27. The number of carboxylic acids is 1. The van der Waals surface area contributed by atoms with Crippen LogP contribution in [0, 0.1) is 5.82 Å². The Morgan fingerprint density at radius 1 is 1.03 bits per heavy atom. The van der Waals surface area contributed by atoms with E-state index < -0.39 is 17.7 Å². The monoisotopic (exact) mass is 493 g/mol. The van der Waals surface area contributed by atoms with E-state index in [1.165, 1.54) is 30.3 Å². The molecule has 9 nitrogen and oxygen atoms in total. The fourth-order valence-corrected chi connectivity index (χ4v) is 4.14. The van der Waals surface area contributed by atoms with Gasteiger partial charge in [-0.15, -0.1) is 0 Å². The molecule has 1 aliphatic heterocycles. The molecule has 0 unspecified atom stereocenters. The Balaban J connectivity index is 1.50. The second-order valence-corrected chi connectivity index (χ2v) is 9.01. The molecule has 1 aromatic heterocycles. The lowest BCUT2D eigenvalue weighted by molar-refractivity contribution is -0.122. The number of anilines is 2. The van der Waals surface area contributed by atoms with Crippen LogP contribution in [0.1, 0.15) is 34.6 Å². The summed E-state index contributed by atoms with van der Waals surface area (Å²) in [4.78, 5) is 45.3. The maximum atomic E-state index is 13.1. The minimum atomic E-state index is -1.10. The number of pyridine rings is 1. The Bertz CT molecular complexity index is 1290. The maximum absolute atomic E-state index is 13.1. The number of aromatic carboxylic acids is 1. The highest BCUT2D eigenvalue weighted by Gasteiger charge is 2.22. The first-order valence-electron chi connectivity index (χ1n) is 11.7. The van der Waals surface area contributed by atoms with Crippen LogP contribution in [0.3, 0.4) is 0 Å². The van der Waals surface area contributed by atoms with Crippen molar-refractivity contribution in [3.63, 3.8) is 0 Å². The summed E-state index contributed by atoms with van der Waals surface area (Å²) in [5.74, 6) is -1.44. The van der Waals surface area contributed by atoms with Crippen molar-refractivity contribution in [1.29, 1.82) is 0 Å². The van der Waals surface area contributed by atoms with Crippen LogP contribution in [0.2, 0.25) is 0 Å². The lowest BCUT2D eigenvalue weighted by atomic mass is 10.1. The summed E-state index contributed by atoms with van der Waals surface area (Å²) in [5, 5.41) is 15.9. The van der Waals surface area contributed by atoms with E-state index in [4.69, 9.17) is 0 Å². The number of carbonyl (C=O) groups is 3. The number of nitrogens with one attached hydrogen (secondary N) is 2. The van der Waals surface area contributed by atoms with Crippen LogP contribution in [0.5, 0.6) is 0 Å². The minimum absolute atomic E-state index is 0.0160. The predicted octanol–water partition coefficient (Wildman–Crippen LogP) is 2.97. The average molecular weight is 494 g/mol. The first-order chi connectivity index (χ1) is 17.2. The van der Waals surface area contributed by atoms with Crippen molar-refractivity contribution in [3.8, 4) is 0 Å². The summed E-state index contributed by atoms with van der Waals surface area (Å²) in [6.45, 7) is 6.69. The van der Waals surface area contributed by atoms with Gasteiger partial charge in [-0.1, -0.05) is 0 Å². The number of hydrogen-bond acceptors (Lipinski definition) is 6. The number of fused-ring (bicyclic) bond motifs is 1. The van der Waals surface area contributed by atoms with Gasteiger partial charge in [-0.05, 0) is 62.4 Å². The van der Waals surface area contributed by atoms with E-state index >= 15 is 0 Å². The normalized spacial score (nSPS) is 14.2. The van der Waals surface area contributed by atoms with Crippen LogP contribution in [0.15, 0.2) is 48.5 Å². The predicted molar refractivity (Wildman–Crippen MR) is 135 cm³/mol. The van der Waals surface area contributed by atoms with E-state index in [0.29, 0.717) is 55.1 Å². The first kappa shape index (κ1) is 25.1. The molecule has 1 saturated heterocycles. The van der Waals surface area contributed by atoms with Gasteiger partial charge in [0.2, 0.25) is 5.91 Å². The number of benzene rings is 2. The molecule has 188 valence electrons. The molecule has 0 bridgehead atoms. The maximum Gasteiger partial charge on any atom is 0.336 e. The Hall–Kier alpha value is -4.05. The highest BCUT2D eigenvalue weighted by molar-refractivity contribution is 6.08. The summed E-state index contributed by atoms with van der Waals surface area (Å²) in [5.41, 5.74) is 1.25. The van der Waals surface area contributed by atoms with Crippen molar-refractivity contribution in [2.45, 2.75) is 19.9 Å². The Morgan fingerprint density at radius 3 is 2.36 bits per heavy atom. The SMILES string of the molecule is CC(C)NC(=O)CN1CCN(c2cc(C(=O)O)c3cc(NC(=O)c4ccc(F)cc4)ccc3n2)CC1. The number of rotatable bonds is 7. The standard InChI is InChI=1S/C26H28FN5O4/c1-16(2)28-24(33)15-31-9-11-32(12-10-31)23-14-21(26(35)36)20-13-19(7-8-22(20)30-23)29-25(34)17-3-5-18(27)6-4-17/h3-8,13-14,16H,9-12,15H2,1-2H3,(H,28,33)(H,29,34)(H,35,36). The van der Waals surface area contributed by atoms with Gasteiger partial charge < -0.3 is 20.6 Å². The van der Waals surface area contributed by atoms with Gasteiger partial charge in [0.25, 0.3) is 5.91 Å². The topological polar surface area (TPSA) is 115 Å². The van der Waals surface area contributed by atoms with Gasteiger partial charge in [0.1, 0.15) is 11.6 Å². The molecule has 0 aliphatic carbocycles. The smallest absolute Gasteiger partial charge is 0.336 e. The summed E-state index contributed by atoms with van der Waals surface area (Å²) < 4.78 is 13.1. The second kappa shape index (κ2) is 10.7. The zero-order valence-corrected chi connectivity index (χ0v) is 20.1. The molecule has 0 saturated carbocycles. The van der Waals surface area contributed by atoms with Gasteiger partial charge in [-0.3, -0.25) is 14.5 Å². The van der Waals surface area contributed by atoms with Crippen molar-refractivity contribution in [3.05, 3.63) is 65.5 Å². The quantitative estimate of drug-likeness (QED) is 0.464. The molecule has 2 aromatic carbocycles. The van der Waals surface area contributed by atoms with Crippen LogP contribution in [0.25, 0.3) is 10.9 Å². The number of aromatic nitrogens is 1. The van der Waals surface area contributed by atoms with Crippen molar-refractivity contribution in [1.82, 2.24) is 15.2 Å². The molecule has 1 fully saturated rings. The van der Waals surface area contributed by atoms with E-state index in [0.717, 1.165) is 0 Å². The fourth-order valence-electron chi connectivity index (χ4n) is 4.14. The zero-order valence-electron chi connectivity index (χ0n) is 20.1. The minimum Gasteiger partial charge on any atom is -0.478 e. The molecule has 0 atom stereocenters. The molecule has 2 heterocycles. The summed E-state index contributed by atoms with van der Waals surface area (Å²) in [6.07, 6.45) is 0. The van der Waals surface area contributed by atoms with Crippen molar-refractivity contribution in [2.75, 3.05) is 42.9 Å². The number of amides is 2. The van der Waals surface area contributed by atoms with Crippen molar-refractivity contribution >= 4 is 40.2 Å². The molecule has 4 rings (SSSR count). The van der Waals surface area contributed by atoms with E-state index in [9.17, 15) is 23.9 Å². The fraction of sp³-hybridized carbons (Fsp3) is 0.308. The van der Waals surface area contributed by atoms with Crippen molar-refractivity contribution < 1.29 is 23.9 Å². The lowest BCUT2D eigenvalue weighted by Crippen LogP contribution is -2.50. The van der Waals surface area contributed by atoms with Gasteiger partial charge in [0.15, 0.2) is 0 Å². The van der Waals surface area contributed by atoms with Crippen LogP contribution < -0.4 is 15.5 Å². The summed E-state index contributed by atoms with van der Waals surface area (Å²) >= 11 is 0. The number of piperazine rings is 1. The molecule has 36 heavy (non-hydrogen) atoms. The number of carbonyl (C=O) groups excluding carboxylic acids is 2. The third-order valence-electron chi connectivity index (χ3n) is 5.90. The highest BCUT2D eigenvalue weighted by atomic mass is 19.1. The molecule has 1 aliphatic rings. The van der Waals surface area contributed by atoms with E-state index in [1.54, 1.807) is 18.2 Å². The lowest BCUT2D eigenvalue weighted by Gasteiger charge is -2.35. The summed E-state index contributed by atoms with van der Waals surface area (Å²) in [6, 6.07) is 11.7. The van der Waals surface area contributed by atoms with Crippen LogP contribution in [0.4, 0.5) is 15.9 Å². The molecule has 2 amide bonds. The number of hydrogen-bond donors (Lipinski definition) is 3.